The van der Waals surface area contributed by atoms with Gasteiger partial charge in [-0.05, 0) is 62.4 Å². The molecule has 128 valence electrons. The molecule has 24 heavy (non-hydrogen) atoms. The van der Waals surface area contributed by atoms with Crippen molar-refractivity contribution in [2.24, 2.45) is 4.40 Å². The van der Waals surface area contributed by atoms with Gasteiger partial charge in [0.05, 0.1) is 4.90 Å². The van der Waals surface area contributed by atoms with E-state index < -0.39 is 10.0 Å². The molecule has 0 radical (unpaired) electrons. The molecule has 4 nitrogen and oxygen atoms in total. The van der Waals surface area contributed by atoms with Crippen molar-refractivity contribution in [3.8, 4) is 0 Å². The average molecular weight is 430 g/mol. The van der Waals surface area contributed by atoms with Gasteiger partial charge in [-0.25, -0.2) is 0 Å². The van der Waals surface area contributed by atoms with Crippen LogP contribution >= 0.6 is 27.5 Å². The van der Waals surface area contributed by atoms with E-state index in [4.69, 9.17) is 11.6 Å². The summed E-state index contributed by atoms with van der Waals surface area (Å²) in [5.74, 6) is 0.416. The zero-order valence-electron chi connectivity index (χ0n) is 13.4. The molecular weight excluding hydrogens is 412 g/mol. The molecule has 0 spiro atoms. The number of nitrogens with zero attached hydrogens (tertiary/aromatic N) is 2. The van der Waals surface area contributed by atoms with Crippen LogP contribution in [-0.4, -0.2) is 32.2 Å². The van der Waals surface area contributed by atoms with Gasteiger partial charge in [0.1, 0.15) is 5.84 Å². The van der Waals surface area contributed by atoms with E-state index in [1.165, 1.54) is 12.1 Å². The molecule has 0 heterocycles. The Morgan fingerprint density at radius 3 is 2.08 bits per heavy atom. The third-order valence-corrected chi connectivity index (χ3v) is 5.55. The number of rotatable bonds is 5. The number of amidine groups is 1. The smallest absolute Gasteiger partial charge is 0.284 e. The van der Waals surface area contributed by atoms with Gasteiger partial charge >= 0.3 is 0 Å². The second-order valence-electron chi connectivity index (χ2n) is 5.02. The minimum Gasteiger partial charge on any atom is -0.356 e. The summed E-state index contributed by atoms with van der Waals surface area (Å²) in [5, 5.41) is 0.591. The predicted octanol–water partition coefficient (Wildman–Crippen LogP) is 4.58. The highest BCUT2D eigenvalue weighted by atomic mass is 79.9. The molecule has 7 heteroatoms. The van der Waals surface area contributed by atoms with Crippen LogP contribution in [0.5, 0.6) is 0 Å². The van der Waals surface area contributed by atoms with Crippen molar-refractivity contribution in [1.29, 1.82) is 0 Å². The van der Waals surface area contributed by atoms with Crippen LogP contribution in [0.15, 0.2) is 62.3 Å². The van der Waals surface area contributed by atoms with E-state index in [0.29, 0.717) is 29.5 Å². The fourth-order valence-electron chi connectivity index (χ4n) is 2.19. The molecule has 0 aliphatic carbocycles. The molecular formula is C17H18BrClN2O2S. The van der Waals surface area contributed by atoms with E-state index in [0.717, 1.165) is 4.47 Å². The third-order valence-electron chi connectivity index (χ3n) is 3.48. The van der Waals surface area contributed by atoms with Crippen LogP contribution in [0, 0.1) is 0 Å². The maximum atomic E-state index is 12.7. The Labute approximate surface area is 156 Å². The van der Waals surface area contributed by atoms with Gasteiger partial charge in [-0.1, -0.05) is 27.5 Å². The molecule has 0 saturated carbocycles. The Hall–Kier alpha value is -1.37. The third kappa shape index (κ3) is 4.59. The van der Waals surface area contributed by atoms with Gasteiger partial charge in [0, 0.05) is 28.1 Å². The van der Waals surface area contributed by atoms with Crippen molar-refractivity contribution in [2.45, 2.75) is 18.7 Å². The second kappa shape index (κ2) is 8.14. The Kier molecular flexibility index (Phi) is 6.43. The summed E-state index contributed by atoms with van der Waals surface area (Å²) in [5.41, 5.74) is 0.712. The van der Waals surface area contributed by atoms with Gasteiger partial charge in [-0.2, -0.15) is 8.42 Å². The van der Waals surface area contributed by atoms with Crippen molar-refractivity contribution in [2.75, 3.05) is 13.1 Å². The van der Waals surface area contributed by atoms with Crippen molar-refractivity contribution in [3.05, 3.63) is 63.6 Å². The Bertz CT molecular complexity index is 815. The topological polar surface area (TPSA) is 49.7 Å². The zero-order chi connectivity index (χ0) is 17.7. The standard InChI is InChI=1S/C17H18BrClN2O2S/c1-3-21(4-2)17(13-5-9-15(19)10-6-13)20-24(22,23)16-11-7-14(18)8-12-16/h5-12H,3-4H2,1-2H3/b20-17+. The van der Waals surface area contributed by atoms with Gasteiger partial charge in [0.2, 0.25) is 0 Å². The number of halogens is 2. The summed E-state index contributed by atoms with van der Waals surface area (Å²) in [6.45, 7) is 5.21. The fourth-order valence-corrected chi connectivity index (χ4v) is 3.61. The first-order valence-corrected chi connectivity index (χ1v) is 10.1. The highest BCUT2D eigenvalue weighted by Crippen LogP contribution is 2.19. The first-order chi connectivity index (χ1) is 11.4. The van der Waals surface area contributed by atoms with Crippen molar-refractivity contribution < 1.29 is 8.42 Å². The van der Waals surface area contributed by atoms with Gasteiger partial charge < -0.3 is 4.90 Å². The summed E-state index contributed by atoms with van der Waals surface area (Å²) < 4.78 is 30.3. The number of sulfonamides is 1. The molecule has 0 amide bonds. The van der Waals surface area contributed by atoms with Gasteiger partial charge in [-0.15, -0.1) is 4.40 Å². The fraction of sp³-hybridized carbons (Fsp3) is 0.235. The normalized spacial score (nSPS) is 12.2. The number of benzene rings is 2. The lowest BCUT2D eigenvalue weighted by atomic mass is 10.2. The first-order valence-electron chi connectivity index (χ1n) is 7.48. The predicted molar refractivity (Wildman–Crippen MR) is 102 cm³/mol. The van der Waals surface area contributed by atoms with E-state index in [1.54, 1.807) is 36.4 Å². The summed E-state index contributed by atoms with van der Waals surface area (Å²) in [6.07, 6.45) is 0. The Morgan fingerprint density at radius 1 is 1.04 bits per heavy atom. The molecule has 0 saturated heterocycles. The molecule has 0 unspecified atom stereocenters. The van der Waals surface area contributed by atoms with E-state index in [1.807, 2.05) is 18.7 Å². The molecule has 0 N–H and O–H groups in total. The van der Waals surface area contributed by atoms with Crippen molar-refractivity contribution in [3.63, 3.8) is 0 Å². The molecule has 2 rings (SSSR count). The average Bonchev–Trinajstić information content (AvgIpc) is 2.56. The molecule has 0 aromatic heterocycles. The summed E-state index contributed by atoms with van der Waals surface area (Å²) >= 11 is 9.23. The lowest BCUT2D eigenvalue weighted by molar-refractivity contribution is 0.467. The van der Waals surface area contributed by atoms with Crippen LogP contribution in [0.2, 0.25) is 5.02 Å². The maximum Gasteiger partial charge on any atom is 0.284 e. The van der Waals surface area contributed by atoms with Gasteiger partial charge in [-0.3, -0.25) is 0 Å². The van der Waals surface area contributed by atoms with Gasteiger partial charge in [0.15, 0.2) is 0 Å². The Morgan fingerprint density at radius 2 is 1.58 bits per heavy atom. The first kappa shape index (κ1) is 19.0. The van der Waals surface area contributed by atoms with Crippen LogP contribution in [0.3, 0.4) is 0 Å². The van der Waals surface area contributed by atoms with Crippen LogP contribution in [0.4, 0.5) is 0 Å². The van der Waals surface area contributed by atoms with Crippen LogP contribution in [0.1, 0.15) is 19.4 Å². The monoisotopic (exact) mass is 428 g/mol. The lowest BCUT2D eigenvalue weighted by Gasteiger charge is -2.23. The molecule has 2 aromatic carbocycles. The quantitative estimate of drug-likeness (QED) is 0.516. The van der Waals surface area contributed by atoms with Crippen molar-refractivity contribution in [1.82, 2.24) is 4.90 Å². The molecule has 0 aliphatic heterocycles. The van der Waals surface area contributed by atoms with Gasteiger partial charge in [0.25, 0.3) is 10.0 Å². The zero-order valence-corrected chi connectivity index (χ0v) is 16.6. The number of hydrogen-bond donors (Lipinski definition) is 0. The molecule has 0 aliphatic rings. The highest BCUT2D eigenvalue weighted by molar-refractivity contribution is 9.10. The molecule has 0 fully saturated rings. The van der Waals surface area contributed by atoms with Crippen molar-refractivity contribution >= 4 is 43.4 Å². The Balaban J connectivity index is 2.54. The number of hydrogen-bond acceptors (Lipinski definition) is 2. The molecule has 2 aromatic rings. The van der Waals surface area contributed by atoms with E-state index >= 15 is 0 Å². The van der Waals surface area contributed by atoms with Crippen LogP contribution < -0.4 is 0 Å². The SMILES string of the molecule is CCN(CC)/C(=N/S(=O)(=O)c1ccc(Br)cc1)c1ccc(Cl)cc1. The van der Waals surface area contributed by atoms with Crippen LogP contribution in [-0.2, 0) is 10.0 Å². The summed E-state index contributed by atoms with van der Waals surface area (Å²) in [6, 6.07) is 13.4. The lowest BCUT2D eigenvalue weighted by Crippen LogP contribution is -2.32. The van der Waals surface area contributed by atoms with E-state index in [9.17, 15) is 8.42 Å². The van der Waals surface area contributed by atoms with E-state index in [-0.39, 0.29) is 4.90 Å². The highest BCUT2D eigenvalue weighted by Gasteiger charge is 2.18. The second-order valence-corrected chi connectivity index (χ2v) is 7.98. The maximum absolute atomic E-state index is 12.7. The molecule has 0 bridgehead atoms. The minimum atomic E-state index is -3.81. The minimum absolute atomic E-state index is 0.157. The van der Waals surface area contributed by atoms with Crippen LogP contribution in [0.25, 0.3) is 0 Å². The van der Waals surface area contributed by atoms with E-state index in [2.05, 4.69) is 20.3 Å². The summed E-state index contributed by atoms with van der Waals surface area (Å²) in [7, 11) is -3.81. The summed E-state index contributed by atoms with van der Waals surface area (Å²) in [4.78, 5) is 2.06. The molecule has 0 atom stereocenters. The largest absolute Gasteiger partial charge is 0.356 e.